The van der Waals surface area contributed by atoms with Crippen molar-refractivity contribution in [2.45, 2.75) is 26.8 Å². The normalized spacial score (nSPS) is 11.6. The Bertz CT molecular complexity index is 958. The van der Waals surface area contributed by atoms with Crippen LogP contribution in [0.2, 0.25) is 0 Å². The molecule has 0 saturated carbocycles. The molecular formula is C22H25N3O5. The Balaban J connectivity index is 1.60. The van der Waals surface area contributed by atoms with Crippen LogP contribution < -0.4 is 19.5 Å². The Morgan fingerprint density at radius 1 is 1.07 bits per heavy atom. The summed E-state index contributed by atoms with van der Waals surface area (Å²) < 4.78 is 22.2. The fourth-order valence-electron chi connectivity index (χ4n) is 2.70. The molecule has 0 radical (unpaired) electrons. The molecule has 1 heterocycles. The van der Waals surface area contributed by atoms with E-state index in [4.69, 9.17) is 18.7 Å². The number of aromatic nitrogens is 2. The molecule has 0 spiro atoms. The number of aryl methyl sites for hydroxylation is 1. The average Bonchev–Trinajstić information content (AvgIpc) is 3.19. The number of benzene rings is 2. The number of amides is 1. The number of hydrogen-bond acceptors (Lipinski definition) is 7. The number of hydrogen-bond donors (Lipinski definition) is 1. The molecule has 158 valence electrons. The molecule has 1 unspecified atom stereocenters. The molecule has 30 heavy (non-hydrogen) atoms. The Morgan fingerprint density at radius 2 is 1.83 bits per heavy atom. The van der Waals surface area contributed by atoms with E-state index in [0.29, 0.717) is 48.6 Å². The number of rotatable bonds is 10. The fourth-order valence-corrected chi connectivity index (χ4v) is 2.70. The highest BCUT2D eigenvalue weighted by Crippen LogP contribution is 2.29. The van der Waals surface area contributed by atoms with Gasteiger partial charge in [-0.15, -0.1) is 0 Å². The molecule has 1 aromatic heterocycles. The van der Waals surface area contributed by atoms with Gasteiger partial charge >= 0.3 is 0 Å². The van der Waals surface area contributed by atoms with Gasteiger partial charge in [-0.2, -0.15) is 4.98 Å². The predicted octanol–water partition coefficient (Wildman–Crippen LogP) is 3.73. The second-order valence-corrected chi connectivity index (χ2v) is 6.48. The van der Waals surface area contributed by atoms with Crippen molar-refractivity contribution < 1.29 is 23.5 Å². The summed E-state index contributed by atoms with van der Waals surface area (Å²) >= 11 is 0. The molecule has 0 aliphatic heterocycles. The van der Waals surface area contributed by atoms with E-state index in [0.717, 1.165) is 5.75 Å². The number of carbonyl (C=O) groups is 1. The maximum Gasteiger partial charge on any atom is 0.252 e. The molecule has 3 aromatic rings. The van der Waals surface area contributed by atoms with Crippen LogP contribution in [0.1, 0.15) is 42.0 Å². The van der Waals surface area contributed by atoms with Gasteiger partial charge in [-0.25, -0.2) is 0 Å². The van der Waals surface area contributed by atoms with Crippen LogP contribution in [-0.2, 0) is 0 Å². The lowest BCUT2D eigenvalue weighted by atomic mass is 10.1. The van der Waals surface area contributed by atoms with E-state index in [1.807, 2.05) is 37.3 Å². The van der Waals surface area contributed by atoms with Crippen molar-refractivity contribution in [3.63, 3.8) is 0 Å². The highest BCUT2D eigenvalue weighted by molar-refractivity contribution is 5.95. The summed E-state index contributed by atoms with van der Waals surface area (Å²) in [5.74, 6) is 2.41. The summed E-state index contributed by atoms with van der Waals surface area (Å²) in [5, 5.41) is 6.57. The molecule has 1 N–H and O–H groups in total. The van der Waals surface area contributed by atoms with Gasteiger partial charge in [0.1, 0.15) is 25.0 Å². The number of carbonyl (C=O) groups excluding carboxylic acids is 1. The summed E-state index contributed by atoms with van der Waals surface area (Å²) in [6, 6.07) is 14.1. The van der Waals surface area contributed by atoms with Gasteiger partial charge in [0.25, 0.3) is 5.91 Å². The minimum Gasteiger partial charge on any atom is -0.490 e. The largest absolute Gasteiger partial charge is 0.490 e. The molecule has 1 amide bonds. The molecule has 0 aliphatic carbocycles. The third kappa shape index (κ3) is 5.73. The SMILES string of the molecule is CCOc1cc(C(=O)NC(C)c2nc(C)no2)ccc1OCCOc1ccccc1. The van der Waals surface area contributed by atoms with Crippen molar-refractivity contribution in [3.05, 3.63) is 65.8 Å². The first-order valence-corrected chi connectivity index (χ1v) is 9.75. The summed E-state index contributed by atoms with van der Waals surface area (Å²) in [6.45, 7) is 6.54. The van der Waals surface area contributed by atoms with Crippen molar-refractivity contribution in [2.75, 3.05) is 19.8 Å². The summed E-state index contributed by atoms with van der Waals surface area (Å²) in [7, 11) is 0. The lowest BCUT2D eigenvalue weighted by molar-refractivity contribution is 0.0932. The van der Waals surface area contributed by atoms with Crippen molar-refractivity contribution in [2.24, 2.45) is 0 Å². The molecule has 0 bridgehead atoms. The molecule has 1 atom stereocenters. The van der Waals surface area contributed by atoms with E-state index in [-0.39, 0.29) is 5.91 Å². The van der Waals surface area contributed by atoms with E-state index in [9.17, 15) is 4.79 Å². The lowest BCUT2D eigenvalue weighted by Gasteiger charge is -2.15. The van der Waals surface area contributed by atoms with Gasteiger partial charge in [-0.05, 0) is 51.1 Å². The van der Waals surface area contributed by atoms with E-state index < -0.39 is 6.04 Å². The van der Waals surface area contributed by atoms with Crippen LogP contribution >= 0.6 is 0 Å². The molecule has 0 fully saturated rings. The van der Waals surface area contributed by atoms with Crippen LogP contribution in [0.25, 0.3) is 0 Å². The van der Waals surface area contributed by atoms with Gasteiger partial charge in [-0.3, -0.25) is 4.79 Å². The monoisotopic (exact) mass is 411 g/mol. The van der Waals surface area contributed by atoms with E-state index in [2.05, 4.69) is 15.5 Å². The van der Waals surface area contributed by atoms with E-state index in [1.54, 1.807) is 32.0 Å². The third-order valence-corrected chi connectivity index (χ3v) is 4.12. The van der Waals surface area contributed by atoms with Gasteiger partial charge in [0.15, 0.2) is 17.3 Å². The first kappa shape index (κ1) is 21.2. The fraction of sp³-hybridized carbons (Fsp3) is 0.318. The van der Waals surface area contributed by atoms with Gasteiger partial charge in [0, 0.05) is 5.56 Å². The number of nitrogens with zero attached hydrogens (tertiary/aromatic N) is 2. The first-order valence-electron chi connectivity index (χ1n) is 9.75. The molecule has 8 nitrogen and oxygen atoms in total. The molecule has 8 heteroatoms. The molecule has 0 saturated heterocycles. The van der Waals surface area contributed by atoms with Gasteiger partial charge < -0.3 is 24.1 Å². The standard InChI is InChI=1S/C22H25N3O5/c1-4-27-20-14-17(21(26)23-15(2)22-24-16(3)25-30-22)10-11-19(20)29-13-12-28-18-8-6-5-7-9-18/h5-11,14-15H,4,12-13H2,1-3H3,(H,23,26). The van der Waals surface area contributed by atoms with Crippen LogP contribution in [-0.4, -0.2) is 35.9 Å². The summed E-state index contributed by atoms with van der Waals surface area (Å²) in [6.07, 6.45) is 0. The van der Waals surface area contributed by atoms with Crippen LogP contribution in [0.15, 0.2) is 53.1 Å². The van der Waals surface area contributed by atoms with Gasteiger partial charge in [0.05, 0.1) is 6.61 Å². The number of ether oxygens (including phenoxy) is 3. The average molecular weight is 411 g/mol. The van der Waals surface area contributed by atoms with Crippen LogP contribution in [0.4, 0.5) is 0 Å². The topological polar surface area (TPSA) is 95.7 Å². The first-order chi connectivity index (χ1) is 14.6. The number of nitrogens with one attached hydrogen (secondary N) is 1. The van der Waals surface area contributed by atoms with Gasteiger partial charge in [0.2, 0.25) is 5.89 Å². The Labute approximate surface area is 175 Å². The van der Waals surface area contributed by atoms with Crippen molar-refractivity contribution in [1.82, 2.24) is 15.5 Å². The predicted molar refractivity (Wildman–Crippen MR) is 110 cm³/mol. The Morgan fingerprint density at radius 3 is 2.53 bits per heavy atom. The highest BCUT2D eigenvalue weighted by Gasteiger charge is 2.18. The zero-order valence-corrected chi connectivity index (χ0v) is 17.3. The van der Waals surface area contributed by atoms with Crippen LogP contribution in [0.3, 0.4) is 0 Å². The second-order valence-electron chi connectivity index (χ2n) is 6.48. The third-order valence-electron chi connectivity index (χ3n) is 4.12. The maximum atomic E-state index is 12.6. The molecule has 3 rings (SSSR count). The lowest BCUT2D eigenvalue weighted by Crippen LogP contribution is -2.27. The minimum absolute atomic E-state index is 0.279. The van der Waals surface area contributed by atoms with Crippen LogP contribution in [0, 0.1) is 6.92 Å². The van der Waals surface area contributed by atoms with E-state index >= 15 is 0 Å². The molecule has 0 aliphatic rings. The summed E-state index contributed by atoms with van der Waals surface area (Å²) in [5.41, 5.74) is 0.439. The minimum atomic E-state index is -0.416. The number of para-hydroxylation sites is 1. The van der Waals surface area contributed by atoms with Crippen molar-refractivity contribution in [1.29, 1.82) is 0 Å². The summed E-state index contributed by atoms with van der Waals surface area (Å²) in [4.78, 5) is 16.7. The van der Waals surface area contributed by atoms with Crippen LogP contribution in [0.5, 0.6) is 17.2 Å². The zero-order chi connectivity index (χ0) is 21.3. The van der Waals surface area contributed by atoms with Gasteiger partial charge in [-0.1, -0.05) is 23.4 Å². The molecule has 2 aromatic carbocycles. The Hall–Kier alpha value is -3.55. The zero-order valence-electron chi connectivity index (χ0n) is 17.3. The molecular weight excluding hydrogens is 386 g/mol. The smallest absolute Gasteiger partial charge is 0.252 e. The maximum absolute atomic E-state index is 12.6. The Kier molecular flexibility index (Phi) is 7.26. The second kappa shape index (κ2) is 10.3. The van der Waals surface area contributed by atoms with Crippen molar-refractivity contribution in [3.8, 4) is 17.2 Å². The highest BCUT2D eigenvalue weighted by atomic mass is 16.5. The van der Waals surface area contributed by atoms with E-state index in [1.165, 1.54) is 0 Å². The van der Waals surface area contributed by atoms with Crippen molar-refractivity contribution >= 4 is 5.91 Å². The quantitative estimate of drug-likeness (QED) is 0.508.